The topological polar surface area (TPSA) is 67.3 Å². The molecule has 0 fully saturated rings. The summed E-state index contributed by atoms with van der Waals surface area (Å²) in [5.41, 5.74) is 3.83. The lowest BCUT2D eigenvalue weighted by Crippen LogP contribution is -2.28. The number of nitrogens with zero attached hydrogens (tertiary/aromatic N) is 3. The van der Waals surface area contributed by atoms with E-state index in [9.17, 15) is 4.79 Å². The van der Waals surface area contributed by atoms with Crippen molar-refractivity contribution in [1.29, 1.82) is 0 Å². The summed E-state index contributed by atoms with van der Waals surface area (Å²) < 4.78 is 5.34. The largest absolute Gasteiger partial charge is 0.496 e. The van der Waals surface area contributed by atoms with E-state index >= 15 is 0 Å². The van der Waals surface area contributed by atoms with Gasteiger partial charge in [0.05, 0.1) is 7.11 Å². The number of anilines is 2. The van der Waals surface area contributed by atoms with Crippen LogP contribution in [0.25, 0.3) is 0 Å². The normalized spacial score (nSPS) is 15.1. The van der Waals surface area contributed by atoms with Gasteiger partial charge in [-0.05, 0) is 55.2 Å². The Kier molecular flexibility index (Phi) is 5.42. The van der Waals surface area contributed by atoms with Gasteiger partial charge >= 0.3 is 0 Å². The summed E-state index contributed by atoms with van der Waals surface area (Å²) in [4.78, 5) is 14.6. The molecule has 29 heavy (non-hydrogen) atoms. The fraction of sp³-hybridized carbons (Fsp3) is 0.261. The molecule has 1 unspecified atom stereocenters. The van der Waals surface area contributed by atoms with E-state index in [4.69, 9.17) is 4.74 Å². The van der Waals surface area contributed by atoms with Crippen molar-refractivity contribution in [2.24, 2.45) is 0 Å². The Morgan fingerprint density at radius 2 is 1.90 bits per heavy atom. The van der Waals surface area contributed by atoms with Crippen molar-refractivity contribution in [1.82, 2.24) is 15.5 Å². The minimum Gasteiger partial charge on any atom is -0.496 e. The van der Waals surface area contributed by atoms with Crippen LogP contribution in [0, 0.1) is 0 Å². The Morgan fingerprint density at radius 3 is 2.69 bits per heavy atom. The standard InChI is InChI=1S/C23H24N4O2/c1-16-15-18-8-3-5-9-20(18)27(16)22-12-11-19(25-26-22)23(28)24-14-13-17-7-4-6-10-21(17)29-2/h3-12,16H,13-15H2,1-2H3,(H,24,28). The maximum atomic E-state index is 12.4. The lowest BCUT2D eigenvalue weighted by atomic mass is 10.1. The molecule has 0 radical (unpaired) electrons. The molecule has 1 aliphatic heterocycles. The third-order valence-corrected chi connectivity index (χ3v) is 5.21. The maximum absolute atomic E-state index is 12.4. The molecular formula is C23H24N4O2. The van der Waals surface area contributed by atoms with Crippen molar-refractivity contribution in [2.75, 3.05) is 18.6 Å². The van der Waals surface area contributed by atoms with Crippen molar-refractivity contribution < 1.29 is 9.53 Å². The number of ether oxygens (including phenoxy) is 1. The molecule has 6 heteroatoms. The van der Waals surface area contributed by atoms with Crippen LogP contribution in [0.3, 0.4) is 0 Å². The number of aromatic nitrogens is 2. The second-order valence-corrected chi connectivity index (χ2v) is 7.15. The molecule has 1 aliphatic rings. The number of nitrogens with one attached hydrogen (secondary N) is 1. The molecule has 0 saturated heterocycles. The average Bonchev–Trinajstić information content (AvgIpc) is 3.09. The zero-order valence-electron chi connectivity index (χ0n) is 16.6. The second kappa shape index (κ2) is 8.31. The third-order valence-electron chi connectivity index (χ3n) is 5.21. The Balaban J connectivity index is 1.40. The summed E-state index contributed by atoms with van der Waals surface area (Å²) in [6.45, 7) is 2.67. The molecule has 1 amide bonds. The smallest absolute Gasteiger partial charge is 0.271 e. The van der Waals surface area contributed by atoms with Gasteiger partial charge in [0.25, 0.3) is 5.91 Å². The van der Waals surface area contributed by atoms with Crippen molar-refractivity contribution in [2.45, 2.75) is 25.8 Å². The summed E-state index contributed by atoms with van der Waals surface area (Å²) in [6.07, 6.45) is 1.66. The number of rotatable bonds is 6. The Hall–Kier alpha value is -3.41. The van der Waals surface area contributed by atoms with Crippen LogP contribution in [-0.4, -0.2) is 35.8 Å². The van der Waals surface area contributed by atoms with Gasteiger partial charge in [0.2, 0.25) is 0 Å². The van der Waals surface area contributed by atoms with Gasteiger partial charge in [-0.1, -0.05) is 36.4 Å². The van der Waals surface area contributed by atoms with E-state index in [0.717, 1.165) is 29.2 Å². The predicted octanol–water partition coefficient (Wildman–Crippen LogP) is 3.54. The highest BCUT2D eigenvalue weighted by Gasteiger charge is 2.28. The van der Waals surface area contributed by atoms with Gasteiger partial charge in [-0.2, -0.15) is 0 Å². The number of carbonyl (C=O) groups is 1. The zero-order chi connectivity index (χ0) is 20.2. The fourth-order valence-electron chi connectivity index (χ4n) is 3.80. The van der Waals surface area contributed by atoms with E-state index in [1.165, 1.54) is 5.56 Å². The van der Waals surface area contributed by atoms with Crippen molar-refractivity contribution in [3.63, 3.8) is 0 Å². The molecule has 1 atom stereocenters. The summed E-state index contributed by atoms with van der Waals surface area (Å²) >= 11 is 0. The molecule has 1 aromatic heterocycles. The zero-order valence-corrected chi connectivity index (χ0v) is 16.6. The monoisotopic (exact) mass is 388 g/mol. The van der Waals surface area contributed by atoms with Gasteiger partial charge in [-0.3, -0.25) is 4.79 Å². The molecule has 0 saturated carbocycles. The van der Waals surface area contributed by atoms with E-state index in [1.54, 1.807) is 13.2 Å². The molecule has 4 rings (SSSR count). The highest BCUT2D eigenvalue weighted by atomic mass is 16.5. The highest BCUT2D eigenvalue weighted by molar-refractivity contribution is 5.92. The fourth-order valence-corrected chi connectivity index (χ4v) is 3.80. The molecule has 2 aromatic carbocycles. The number of methoxy groups -OCH3 is 1. The SMILES string of the molecule is COc1ccccc1CCNC(=O)c1ccc(N2c3ccccc3CC2C)nn1. The first kappa shape index (κ1) is 18.9. The summed E-state index contributed by atoms with van der Waals surface area (Å²) in [5.74, 6) is 1.35. The van der Waals surface area contributed by atoms with Gasteiger partial charge in [-0.25, -0.2) is 0 Å². The van der Waals surface area contributed by atoms with Gasteiger partial charge in [0.1, 0.15) is 5.75 Å². The van der Waals surface area contributed by atoms with E-state index in [2.05, 4.69) is 45.5 Å². The number of benzene rings is 2. The molecule has 148 valence electrons. The van der Waals surface area contributed by atoms with Crippen LogP contribution in [0.5, 0.6) is 5.75 Å². The number of hydrogen-bond acceptors (Lipinski definition) is 5. The van der Waals surface area contributed by atoms with Crippen LogP contribution < -0.4 is 15.0 Å². The second-order valence-electron chi connectivity index (χ2n) is 7.15. The average molecular weight is 388 g/mol. The number of hydrogen-bond donors (Lipinski definition) is 1. The minimum atomic E-state index is -0.228. The van der Waals surface area contributed by atoms with Gasteiger partial charge in [-0.15, -0.1) is 10.2 Å². The van der Waals surface area contributed by atoms with Crippen molar-refractivity contribution >= 4 is 17.4 Å². The maximum Gasteiger partial charge on any atom is 0.271 e. The Morgan fingerprint density at radius 1 is 1.10 bits per heavy atom. The molecule has 3 aromatic rings. The third kappa shape index (κ3) is 3.92. The van der Waals surface area contributed by atoms with Crippen LogP contribution in [-0.2, 0) is 12.8 Å². The van der Waals surface area contributed by atoms with Gasteiger partial charge in [0.15, 0.2) is 11.5 Å². The van der Waals surface area contributed by atoms with Gasteiger partial charge < -0.3 is 15.0 Å². The summed E-state index contributed by atoms with van der Waals surface area (Å²) in [5, 5.41) is 11.4. The number of para-hydroxylation sites is 2. The van der Waals surface area contributed by atoms with Crippen LogP contribution >= 0.6 is 0 Å². The number of carbonyl (C=O) groups excluding carboxylic acids is 1. The summed E-state index contributed by atoms with van der Waals surface area (Å²) in [7, 11) is 1.65. The Bertz CT molecular complexity index is 1000. The van der Waals surface area contributed by atoms with E-state index < -0.39 is 0 Å². The highest BCUT2D eigenvalue weighted by Crippen LogP contribution is 2.36. The Labute approximate surface area is 170 Å². The molecular weight excluding hydrogens is 364 g/mol. The first-order valence-corrected chi connectivity index (χ1v) is 9.78. The van der Waals surface area contributed by atoms with E-state index in [0.29, 0.717) is 24.7 Å². The van der Waals surface area contributed by atoms with Gasteiger partial charge in [0, 0.05) is 18.3 Å². The number of amides is 1. The van der Waals surface area contributed by atoms with E-state index in [1.807, 2.05) is 36.4 Å². The molecule has 0 bridgehead atoms. The van der Waals surface area contributed by atoms with Crippen LogP contribution in [0.2, 0.25) is 0 Å². The summed E-state index contributed by atoms with van der Waals surface area (Å²) in [6, 6.07) is 20.0. The molecule has 6 nitrogen and oxygen atoms in total. The van der Waals surface area contributed by atoms with Crippen molar-refractivity contribution in [3.05, 3.63) is 77.5 Å². The predicted molar refractivity (Wildman–Crippen MR) is 113 cm³/mol. The molecule has 0 spiro atoms. The van der Waals surface area contributed by atoms with E-state index in [-0.39, 0.29) is 5.91 Å². The minimum absolute atomic E-state index is 0.228. The van der Waals surface area contributed by atoms with Crippen molar-refractivity contribution in [3.8, 4) is 5.75 Å². The first-order valence-electron chi connectivity index (χ1n) is 9.78. The van der Waals surface area contributed by atoms with Crippen LogP contribution in [0.15, 0.2) is 60.7 Å². The first-order chi connectivity index (χ1) is 14.2. The molecule has 0 aliphatic carbocycles. The lowest BCUT2D eigenvalue weighted by molar-refractivity contribution is 0.0948. The lowest BCUT2D eigenvalue weighted by Gasteiger charge is -2.23. The van der Waals surface area contributed by atoms with Crippen LogP contribution in [0.1, 0.15) is 28.5 Å². The molecule has 2 heterocycles. The molecule has 1 N–H and O–H groups in total. The quantitative estimate of drug-likeness (QED) is 0.700. The van der Waals surface area contributed by atoms with Crippen LogP contribution in [0.4, 0.5) is 11.5 Å². The number of fused-ring (bicyclic) bond motifs is 1.